The summed E-state index contributed by atoms with van der Waals surface area (Å²) >= 11 is 0. The number of anilines is 2. The summed E-state index contributed by atoms with van der Waals surface area (Å²) in [5, 5.41) is 3.55. The number of nitrogen functional groups attached to an aromatic ring is 1. The lowest BCUT2D eigenvalue weighted by atomic mass is 9.80. The quantitative estimate of drug-likeness (QED) is 0.881. The van der Waals surface area contributed by atoms with Crippen LogP contribution in [0.1, 0.15) is 47.0 Å². The molecule has 1 aromatic rings. The van der Waals surface area contributed by atoms with Gasteiger partial charge in [-0.2, -0.15) is 4.98 Å². The molecule has 0 amide bonds. The average Bonchev–Trinajstić information content (AvgIpc) is 2.36. The van der Waals surface area contributed by atoms with E-state index in [1.54, 1.807) is 0 Å². The summed E-state index contributed by atoms with van der Waals surface area (Å²) in [4.78, 5) is 4.50. The van der Waals surface area contributed by atoms with Crippen LogP contribution in [0.25, 0.3) is 0 Å². The molecule has 4 nitrogen and oxygen atoms in total. The van der Waals surface area contributed by atoms with Gasteiger partial charge in [0.1, 0.15) is 5.82 Å². The maximum absolute atomic E-state index is 5.90. The summed E-state index contributed by atoms with van der Waals surface area (Å²) in [5.41, 5.74) is 6.49. The zero-order chi connectivity index (χ0) is 14.7. The number of rotatable bonds is 4. The molecule has 0 radical (unpaired) electrons. The van der Waals surface area contributed by atoms with Crippen LogP contribution < -0.4 is 15.8 Å². The van der Waals surface area contributed by atoms with Crippen molar-refractivity contribution in [1.29, 1.82) is 0 Å². The van der Waals surface area contributed by atoms with E-state index in [4.69, 9.17) is 10.5 Å². The second-order valence-corrected chi connectivity index (χ2v) is 6.40. The number of nitrogens with zero attached hydrogens (tertiary/aromatic N) is 1. The molecule has 2 rings (SSSR count). The summed E-state index contributed by atoms with van der Waals surface area (Å²) in [6.45, 7) is 8.61. The Kier molecular flexibility index (Phi) is 4.73. The molecular formula is C16H27N3O. The Morgan fingerprint density at radius 2 is 2.05 bits per heavy atom. The van der Waals surface area contributed by atoms with Crippen molar-refractivity contribution in [3.63, 3.8) is 0 Å². The topological polar surface area (TPSA) is 60.2 Å². The Bertz CT molecular complexity index is 447. The van der Waals surface area contributed by atoms with Gasteiger partial charge in [0, 0.05) is 6.04 Å². The van der Waals surface area contributed by atoms with Gasteiger partial charge >= 0.3 is 0 Å². The molecule has 1 fully saturated rings. The van der Waals surface area contributed by atoms with Crippen molar-refractivity contribution < 1.29 is 4.74 Å². The summed E-state index contributed by atoms with van der Waals surface area (Å²) < 4.78 is 5.64. The van der Waals surface area contributed by atoms with Gasteiger partial charge in [0.25, 0.3) is 0 Å². The van der Waals surface area contributed by atoms with Crippen molar-refractivity contribution in [2.24, 2.45) is 11.8 Å². The van der Waals surface area contributed by atoms with Gasteiger partial charge in [0.05, 0.1) is 11.8 Å². The Hall–Kier alpha value is -1.45. The summed E-state index contributed by atoms with van der Waals surface area (Å²) in [6, 6.07) is 4.30. The van der Waals surface area contributed by atoms with Gasteiger partial charge in [0.15, 0.2) is 0 Å². The zero-order valence-electron chi connectivity index (χ0n) is 13.0. The molecule has 112 valence electrons. The van der Waals surface area contributed by atoms with Crippen LogP contribution in [-0.2, 0) is 0 Å². The monoisotopic (exact) mass is 277 g/mol. The second kappa shape index (κ2) is 6.33. The Morgan fingerprint density at radius 3 is 2.70 bits per heavy atom. The average molecular weight is 277 g/mol. The predicted molar refractivity (Wildman–Crippen MR) is 84.0 cm³/mol. The predicted octanol–water partition coefficient (Wildman–Crippen LogP) is 3.69. The van der Waals surface area contributed by atoms with Crippen LogP contribution in [0.15, 0.2) is 12.1 Å². The molecular weight excluding hydrogens is 250 g/mol. The Morgan fingerprint density at radius 1 is 1.30 bits per heavy atom. The first kappa shape index (κ1) is 14.9. The standard InChI is InChI=1S/C16H27N3O/c1-10(2)20-16-13(17)6-8-15(19-16)18-14-7-5-11(3)9-12(14)4/h6,8,10-12,14H,5,7,9,17H2,1-4H3,(H,18,19). The van der Waals surface area contributed by atoms with Gasteiger partial charge in [0.2, 0.25) is 5.88 Å². The van der Waals surface area contributed by atoms with Gasteiger partial charge in [-0.15, -0.1) is 0 Å². The molecule has 1 aromatic heterocycles. The van der Waals surface area contributed by atoms with Gasteiger partial charge in [-0.05, 0) is 57.1 Å². The number of nitrogens with one attached hydrogen (secondary N) is 1. The first-order valence-electron chi connectivity index (χ1n) is 7.65. The van der Waals surface area contributed by atoms with E-state index in [9.17, 15) is 0 Å². The van der Waals surface area contributed by atoms with Crippen LogP contribution in [-0.4, -0.2) is 17.1 Å². The highest BCUT2D eigenvalue weighted by Gasteiger charge is 2.25. The van der Waals surface area contributed by atoms with Gasteiger partial charge in [-0.3, -0.25) is 0 Å². The van der Waals surface area contributed by atoms with Crippen molar-refractivity contribution in [3.05, 3.63) is 12.1 Å². The molecule has 20 heavy (non-hydrogen) atoms. The lowest BCUT2D eigenvalue weighted by Gasteiger charge is -2.33. The number of ether oxygens (including phenoxy) is 1. The SMILES string of the molecule is CC1CCC(Nc2ccc(N)c(OC(C)C)n2)C(C)C1. The number of nitrogens with two attached hydrogens (primary N) is 1. The largest absolute Gasteiger partial charge is 0.473 e. The van der Waals surface area contributed by atoms with Crippen LogP contribution in [0.4, 0.5) is 11.5 Å². The molecule has 3 unspecified atom stereocenters. The van der Waals surface area contributed by atoms with Crippen molar-refractivity contribution in [3.8, 4) is 5.88 Å². The fraction of sp³-hybridized carbons (Fsp3) is 0.688. The normalized spacial score (nSPS) is 26.6. The lowest BCUT2D eigenvalue weighted by Crippen LogP contribution is -2.33. The molecule has 1 aliphatic carbocycles. The number of aromatic nitrogens is 1. The maximum atomic E-state index is 5.90. The van der Waals surface area contributed by atoms with E-state index < -0.39 is 0 Å². The summed E-state index contributed by atoms with van der Waals surface area (Å²) in [7, 11) is 0. The number of pyridine rings is 1. The molecule has 1 heterocycles. The van der Waals surface area contributed by atoms with E-state index in [2.05, 4.69) is 24.1 Å². The fourth-order valence-corrected chi connectivity index (χ4v) is 2.92. The first-order valence-corrected chi connectivity index (χ1v) is 7.65. The molecule has 1 saturated carbocycles. The highest BCUT2D eigenvalue weighted by Crippen LogP contribution is 2.31. The summed E-state index contributed by atoms with van der Waals surface area (Å²) in [6.07, 6.45) is 3.85. The second-order valence-electron chi connectivity index (χ2n) is 6.40. The Labute approximate surface area is 122 Å². The fourth-order valence-electron chi connectivity index (χ4n) is 2.92. The molecule has 3 N–H and O–H groups in total. The third-order valence-electron chi connectivity index (χ3n) is 4.00. The van der Waals surface area contributed by atoms with Gasteiger partial charge < -0.3 is 15.8 Å². The number of hydrogen-bond acceptors (Lipinski definition) is 4. The van der Waals surface area contributed by atoms with E-state index in [0.29, 0.717) is 23.5 Å². The van der Waals surface area contributed by atoms with E-state index in [-0.39, 0.29) is 6.10 Å². The van der Waals surface area contributed by atoms with E-state index in [1.165, 1.54) is 19.3 Å². The maximum Gasteiger partial charge on any atom is 0.239 e. The van der Waals surface area contributed by atoms with E-state index in [1.807, 2.05) is 26.0 Å². The molecule has 0 bridgehead atoms. The Balaban J connectivity index is 2.05. The molecule has 0 aliphatic heterocycles. The molecule has 4 heteroatoms. The van der Waals surface area contributed by atoms with Crippen molar-refractivity contribution in [2.45, 2.75) is 59.1 Å². The number of hydrogen-bond donors (Lipinski definition) is 2. The zero-order valence-corrected chi connectivity index (χ0v) is 13.0. The van der Waals surface area contributed by atoms with E-state index >= 15 is 0 Å². The van der Waals surface area contributed by atoms with Gasteiger partial charge in [-0.1, -0.05) is 13.8 Å². The minimum Gasteiger partial charge on any atom is -0.473 e. The molecule has 0 aromatic carbocycles. The minimum absolute atomic E-state index is 0.0782. The van der Waals surface area contributed by atoms with Crippen LogP contribution in [0, 0.1) is 11.8 Å². The first-order chi connectivity index (χ1) is 9.45. The summed E-state index contributed by atoms with van der Waals surface area (Å²) in [5.74, 6) is 2.90. The third kappa shape index (κ3) is 3.78. The minimum atomic E-state index is 0.0782. The molecule has 1 aliphatic rings. The van der Waals surface area contributed by atoms with Crippen molar-refractivity contribution >= 4 is 11.5 Å². The molecule has 3 atom stereocenters. The molecule has 0 spiro atoms. The van der Waals surface area contributed by atoms with E-state index in [0.717, 1.165) is 11.7 Å². The van der Waals surface area contributed by atoms with Crippen LogP contribution in [0.5, 0.6) is 5.88 Å². The van der Waals surface area contributed by atoms with Crippen LogP contribution in [0.2, 0.25) is 0 Å². The highest BCUT2D eigenvalue weighted by molar-refractivity contribution is 5.54. The highest BCUT2D eigenvalue weighted by atomic mass is 16.5. The van der Waals surface area contributed by atoms with Crippen LogP contribution >= 0.6 is 0 Å². The smallest absolute Gasteiger partial charge is 0.239 e. The van der Waals surface area contributed by atoms with Gasteiger partial charge in [-0.25, -0.2) is 0 Å². The van der Waals surface area contributed by atoms with Crippen molar-refractivity contribution in [2.75, 3.05) is 11.1 Å². The molecule has 0 saturated heterocycles. The van der Waals surface area contributed by atoms with Crippen molar-refractivity contribution in [1.82, 2.24) is 4.98 Å². The lowest BCUT2D eigenvalue weighted by molar-refractivity contribution is 0.234. The third-order valence-corrected chi connectivity index (χ3v) is 4.00. The van der Waals surface area contributed by atoms with Crippen LogP contribution in [0.3, 0.4) is 0 Å².